The second-order valence-electron chi connectivity index (χ2n) is 1.16. The Morgan fingerprint density at radius 3 is 2.56 bits per heavy atom. The third-order valence-electron chi connectivity index (χ3n) is 0.494. The van der Waals surface area contributed by atoms with E-state index in [-0.39, 0.29) is 0 Å². The molecule has 0 saturated heterocycles. The zero-order valence-electron chi connectivity index (χ0n) is 4.77. The van der Waals surface area contributed by atoms with Crippen LogP contribution in [0.25, 0.3) is 0 Å². The summed E-state index contributed by atoms with van der Waals surface area (Å²) in [4.78, 5) is 10.3. The molecule has 0 aliphatic carbocycles. The Labute approximate surface area is 80.7 Å². The summed E-state index contributed by atoms with van der Waals surface area (Å²) in [5, 5.41) is 0. The van der Waals surface area contributed by atoms with Gasteiger partial charge in [0.05, 0.1) is 9.04 Å². The predicted octanol–water partition coefficient (Wildman–Crippen LogP) is 1.97. The van der Waals surface area contributed by atoms with Crippen molar-refractivity contribution in [1.29, 1.82) is 0 Å². The Balaban J connectivity index is 3.17. The molecule has 0 radical (unpaired) electrons. The van der Waals surface area contributed by atoms with Gasteiger partial charge in [-0.05, 0) is 0 Å². The lowest BCUT2D eigenvalue weighted by Crippen LogP contribution is -2.08. The van der Waals surface area contributed by atoms with Crippen LogP contribution in [-0.2, 0) is 9.47 Å². The second kappa shape index (κ2) is 5.51. The Morgan fingerprint density at radius 1 is 1.67 bits per heavy atom. The molecule has 0 bridgehead atoms. The molecule has 0 aliphatic heterocycles. The van der Waals surface area contributed by atoms with Crippen molar-refractivity contribution in [3.05, 3.63) is 0 Å². The lowest BCUT2D eigenvalue weighted by molar-refractivity contribution is 0.0777. The largest absolute Gasteiger partial charge is 0.508 e. The van der Waals surface area contributed by atoms with Crippen molar-refractivity contribution in [2.24, 2.45) is 0 Å². The van der Waals surface area contributed by atoms with Gasteiger partial charge in [-0.3, -0.25) is 0 Å². The number of carbonyl (C=O) groups is 1. The zero-order valence-corrected chi connectivity index (χ0v) is 9.08. The van der Waals surface area contributed by atoms with Crippen molar-refractivity contribution in [3.8, 4) is 0 Å². The van der Waals surface area contributed by atoms with Crippen LogP contribution >= 0.6 is 45.2 Å². The molecule has 0 aliphatic rings. The maximum absolute atomic E-state index is 10.3. The minimum absolute atomic E-state index is 0.305. The van der Waals surface area contributed by atoms with Gasteiger partial charge in [0.1, 0.15) is 6.61 Å². The summed E-state index contributed by atoms with van der Waals surface area (Å²) < 4.78 is 9.11. The molecule has 0 spiro atoms. The highest BCUT2D eigenvalue weighted by Crippen LogP contribution is 2.09. The summed E-state index contributed by atoms with van der Waals surface area (Å²) >= 11 is 4.29. The fourth-order valence-corrected chi connectivity index (χ4v) is 0.550. The van der Waals surface area contributed by atoms with E-state index < -0.39 is 6.16 Å². The summed E-state index contributed by atoms with van der Waals surface area (Å²) in [6.07, 6.45) is -0.617. The van der Waals surface area contributed by atoms with Gasteiger partial charge in [-0.2, -0.15) is 0 Å². The number of hydrogen-bond acceptors (Lipinski definition) is 3. The molecule has 54 valence electrons. The van der Waals surface area contributed by atoms with E-state index >= 15 is 0 Å². The van der Waals surface area contributed by atoms with E-state index in [0.717, 1.165) is 0 Å². The van der Waals surface area contributed by atoms with E-state index in [2.05, 4.69) is 54.7 Å². The Kier molecular flexibility index (Phi) is 5.96. The van der Waals surface area contributed by atoms with Gasteiger partial charge in [0.25, 0.3) is 0 Å². The molecule has 5 heteroatoms. The van der Waals surface area contributed by atoms with E-state index in [4.69, 9.17) is 0 Å². The van der Waals surface area contributed by atoms with Gasteiger partial charge in [0.2, 0.25) is 0 Å². The Hall–Kier alpha value is 0.730. The summed E-state index contributed by atoms with van der Waals surface area (Å²) in [6, 6.07) is 0. The van der Waals surface area contributed by atoms with E-state index in [1.54, 1.807) is 0 Å². The van der Waals surface area contributed by atoms with Crippen LogP contribution in [0.4, 0.5) is 4.79 Å². The minimum atomic E-state index is -0.617. The van der Waals surface area contributed by atoms with Crippen molar-refractivity contribution in [1.82, 2.24) is 0 Å². The van der Waals surface area contributed by atoms with E-state index in [9.17, 15) is 4.79 Å². The van der Waals surface area contributed by atoms with Crippen LogP contribution in [-0.4, -0.2) is 21.8 Å². The van der Waals surface area contributed by atoms with E-state index in [0.29, 0.717) is 8.54 Å². The van der Waals surface area contributed by atoms with Crippen LogP contribution in [0.15, 0.2) is 0 Å². The van der Waals surface area contributed by atoms with Gasteiger partial charge in [-0.25, -0.2) is 4.79 Å². The summed E-state index contributed by atoms with van der Waals surface area (Å²) in [5.41, 5.74) is 0. The average Bonchev–Trinajstić information content (AvgIpc) is 1.83. The Morgan fingerprint density at radius 2 is 2.22 bits per heavy atom. The van der Waals surface area contributed by atoms with Crippen LogP contribution in [0.2, 0.25) is 0 Å². The molecular weight excluding hydrogens is 350 g/mol. The first-order valence-corrected chi connectivity index (χ1v) is 4.65. The molecule has 3 nitrogen and oxygen atoms in total. The molecule has 9 heavy (non-hydrogen) atoms. The van der Waals surface area contributed by atoms with E-state index in [1.165, 1.54) is 7.11 Å². The topological polar surface area (TPSA) is 35.5 Å². The number of alkyl halides is 2. The van der Waals surface area contributed by atoms with Gasteiger partial charge >= 0.3 is 6.16 Å². The van der Waals surface area contributed by atoms with Gasteiger partial charge in [0, 0.05) is 0 Å². The normalized spacial score (nSPS) is 9.33. The monoisotopic (exact) mass is 356 g/mol. The smallest absolute Gasteiger partial charge is 0.438 e. The molecule has 0 aromatic rings. The van der Waals surface area contributed by atoms with Crippen molar-refractivity contribution in [2.45, 2.75) is 1.93 Å². The van der Waals surface area contributed by atoms with E-state index in [1.807, 2.05) is 0 Å². The Bertz CT molecular complexity index is 93.8. The maximum atomic E-state index is 10.3. The van der Waals surface area contributed by atoms with Gasteiger partial charge in [-0.15, -0.1) is 0 Å². The minimum Gasteiger partial charge on any atom is -0.438 e. The molecule has 0 aromatic carbocycles. The molecule has 0 aromatic heterocycles. The number of halogens is 2. The molecule has 0 unspecified atom stereocenters. The molecule has 0 rings (SSSR count). The summed E-state index contributed by atoms with van der Waals surface area (Å²) in [5.74, 6) is 0. The van der Waals surface area contributed by atoms with Crippen molar-refractivity contribution in [2.75, 3.05) is 13.7 Å². The van der Waals surface area contributed by atoms with Crippen LogP contribution in [0.3, 0.4) is 0 Å². The number of rotatable bonds is 2. The fraction of sp³-hybridized carbons (Fsp3) is 0.750. The van der Waals surface area contributed by atoms with Crippen molar-refractivity contribution < 1.29 is 14.3 Å². The van der Waals surface area contributed by atoms with Crippen molar-refractivity contribution in [3.63, 3.8) is 0 Å². The first-order chi connectivity index (χ1) is 4.16. The first kappa shape index (κ1) is 9.73. The number of methoxy groups -OCH3 is 1. The molecule has 0 atom stereocenters. The molecule has 0 saturated carbocycles. The standard InChI is InChI=1S/C4H6I2O3/c1-8-4(7)9-2-3(5)6/h3H,2H2,1H3. The lowest BCUT2D eigenvalue weighted by Gasteiger charge is -2.01. The lowest BCUT2D eigenvalue weighted by atomic mass is 10.9. The third-order valence-corrected chi connectivity index (χ3v) is 1.21. The van der Waals surface area contributed by atoms with Crippen LogP contribution in [0.1, 0.15) is 0 Å². The highest BCUT2D eigenvalue weighted by Gasteiger charge is 2.02. The fourth-order valence-electron chi connectivity index (χ4n) is 0.190. The maximum Gasteiger partial charge on any atom is 0.508 e. The molecule has 0 N–H and O–H groups in total. The molecular formula is C4H6I2O3. The SMILES string of the molecule is COC(=O)OCC(I)I. The number of ether oxygens (including phenoxy) is 2. The quantitative estimate of drug-likeness (QED) is 0.431. The van der Waals surface area contributed by atoms with Gasteiger partial charge in [-0.1, -0.05) is 45.2 Å². The van der Waals surface area contributed by atoms with Crippen molar-refractivity contribution >= 4 is 51.3 Å². The average molecular weight is 356 g/mol. The highest BCUT2D eigenvalue weighted by atomic mass is 127. The molecule has 0 heterocycles. The number of hydrogen-bond donors (Lipinski definition) is 0. The summed E-state index contributed by atoms with van der Waals surface area (Å²) in [6.45, 7) is 0.397. The third kappa shape index (κ3) is 6.62. The van der Waals surface area contributed by atoms with Gasteiger partial charge < -0.3 is 9.47 Å². The van der Waals surface area contributed by atoms with Crippen LogP contribution in [0, 0.1) is 0 Å². The van der Waals surface area contributed by atoms with Crippen LogP contribution in [0.5, 0.6) is 0 Å². The molecule has 0 fully saturated rings. The second-order valence-corrected chi connectivity index (χ2v) is 6.55. The molecule has 0 amide bonds. The first-order valence-electron chi connectivity index (χ1n) is 2.15. The zero-order chi connectivity index (χ0) is 7.28. The predicted molar refractivity (Wildman–Crippen MR) is 50.2 cm³/mol. The van der Waals surface area contributed by atoms with Crippen LogP contribution < -0.4 is 0 Å². The number of carbonyl (C=O) groups excluding carboxylic acids is 1. The summed E-state index contributed by atoms with van der Waals surface area (Å²) in [7, 11) is 1.29. The highest BCUT2D eigenvalue weighted by molar-refractivity contribution is 14.2. The van der Waals surface area contributed by atoms with Gasteiger partial charge in [0.15, 0.2) is 0 Å².